The van der Waals surface area contributed by atoms with Crippen LogP contribution in [0, 0.1) is 17.8 Å². The van der Waals surface area contributed by atoms with Gasteiger partial charge in [0, 0.05) is 12.5 Å². The van der Waals surface area contributed by atoms with E-state index < -0.39 is 11.9 Å². The normalized spacial score (nSPS) is 18.3. The van der Waals surface area contributed by atoms with E-state index in [9.17, 15) is 14.4 Å². The monoisotopic (exact) mass is 486 g/mol. The van der Waals surface area contributed by atoms with Crippen LogP contribution >= 0.6 is 0 Å². The highest BCUT2D eigenvalue weighted by Crippen LogP contribution is 2.38. The van der Waals surface area contributed by atoms with Crippen LogP contribution in [0.2, 0.25) is 0 Å². The molecule has 1 aliphatic carbocycles. The van der Waals surface area contributed by atoms with E-state index in [1.165, 1.54) is 38.5 Å². The van der Waals surface area contributed by atoms with E-state index in [1.54, 1.807) is 24.3 Å². The molecule has 6 nitrogen and oxygen atoms in total. The summed E-state index contributed by atoms with van der Waals surface area (Å²) in [5.74, 6) is 1.53. The Kier molecular flexibility index (Phi) is 13.2. The molecule has 1 atom stereocenters. The minimum Gasteiger partial charge on any atom is -0.463 e. The summed E-state index contributed by atoms with van der Waals surface area (Å²) >= 11 is 0. The maximum absolute atomic E-state index is 12.5. The first kappa shape index (κ1) is 28.6. The third-order valence-electron chi connectivity index (χ3n) is 7.02. The highest BCUT2D eigenvalue weighted by molar-refractivity contribution is 5.89. The summed E-state index contributed by atoms with van der Waals surface area (Å²) in [6, 6.07) is 6.45. The summed E-state index contributed by atoms with van der Waals surface area (Å²) in [5, 5.41) is 0. The highest BCUT2D eigenvalue weighted by Gasteiger charge is 2.27. The number of esters is 3. The second-order valence-corrected chi connectivity index (χ2v) is 9.49. The Labute approximate surface area is 210 Å². The first-order valence-corrected chi connectivity index (χ1v) is 13.2. The number of unbranched alkanes of at least 4 members (excludes halogenated alkanes) is 1. The molecule has 1 fully saturated rings. The molecule has 1 aliphatic rings. The van der Waals surface area contributed by atoms with Gasteiger partial charge in [-0.3, -0.25) is 4.79 Å². The molecule has 2 rings (SSSR count). The van der Waals surface area contributed by atoms with Crippen molar-refractivity contribution in [2.24, 2.45) is 17.8 Å². The van der Waals surface area contributed by atoms with Gasteiger partial charge in [-0.25, -0.2) is 9.59 Å². The molecule has 0 amide bonds. The number of ether oxygens (including phenoxy) is 3. The van der Waals surface area contributed by atoms with Crippen molar-refractivity contribution in [2.45, 2.75) is 84.5 Å². The third kappa shape index (κ3) is 10.7. The fraction of sp³-hybridized carbons (Fsp3) is 0.621. The molecule has 0 aliphatic heterocycles. The summed E-state index contributed by atoms with van der Waals surface area (Å²) in [6.07, 6.45) is 12.4. The lowest BCUT2D eigenvalue weighted by Gasteiger charge is -2.33. The van der Waals surface area contributed by atoms with Gasteiger partial charge in [-0.2, -0.15) is 0 Å². The van der Waals surface area contributed by atoms with Crippen molar-refractivity contribution in [1.82, 2.24) is 0 Å². The van der Waals surface area contributed by atoms with Crippen molar-refractivity contribution < 1.29 is 28.6 Å². The maximum Gasteiger partial charge on any atom is 0.338 e. The van der Waals surface area contributed by atoms with Crippen LogP contribution in [0.4, 0.5) is 0 Å². The van der Waals surface area contributed by atoms with Crippen LogP contribution in [0.15, 0.2) is 36.9 Å². The van der Waals surface area contributed by atoms with Crippen LogP contribution in [0.1, 0.15) is 94.8 Å². The van der Waals surface area contributed by atoms with E-state index in [0.717, 1.165) is 30.8 Å². The minimum absolute atomic E-state index is 0.221. The maximum atomic E-state index is 12.5. The van der Waals surface area contributed by atoms with Gasteiger partial charge in [0.1, 0.15) is 5.75 Å². The molecule has 35 heavy (non-hydrogen) atoms. The molecule has 0 spiro atoms. The molecule has 0 radical (unpaired) electrons. The van der Waals surface area contributed by atoms with Crippen LogP contribution in [-0.4, -0.2) is 31.1 Å². The Bertz CT molecular complexity index is 792. The van der Waals surface area contributed by atoms with Gasteiger partial charge in [0.25, 0.3) is 0 Å². The molecule has 0 heterocycles. The second-order valence-electron chi connectivity index (χ2n) is 9.49. The van der Waals surface area contributed by atoms with Crippen LogP contribution in [0.3, 0.4) is 0 Å². The average Bonchev–Trinajstić information content (AvgIpc) is 2.88. The van der Waals surface area contributed by atoms with E-state index in [0.29, 0.717) is 36.5 Å². The predicted molar refractivity (Wildman–Crippen MR) is 136 cm³/mol. The van der Waals surface area contributed by atoms with Crippen molar-refractivity contribution >= 4 is 17.9 Å². The first-order chi connectivity index (χ1) is 17.0. The number of carbonyl (C=O) groups excluding carboxylic acids is 3. The summed E-state index contributed by atoms with van der Waals surface area (Å²) in [7, 11) is 0. The Hall–Kier alpha value is -2.63. The zero-order valence-corrected chi connectivity index (χ0v) is 21.5. The third-order valence-corrected chi connectivity index (χ3v) is 7.02. The summed E-state index contributed by atoms with van der Waals surface area (Å²) < 4.78 is 15.6. The zero-order valence-electron chi connectivity index (χ0n) is 21.5. The van der Waals surface area contributed by atoms with Gasteiger partial charge in [-0.05, 0) is 74.1 Å². The average molecular weight is 487 g/mol. The fourth-order valence-corrected chi connectivity index (χ4v) is 4.88. The van der Waals surface area contributed by atoms with Gasteiger partial charge in [-0.1, -0.05) is 52.5 Å². The van der Waals surface area contributed by atoms with Crippen molar-refractivity contribution in [2.75, 3.05) is 13.2 Å². The Morgan fingerprint density at radius 3 is 2.23 bits per heavy atom. The Balaban J connectivity index is 1.70. The standard InChI is InChI=1S/C29H42O6/c1-4-9-23(24-12-10-22(5-2)11-13-24)16-19-28(31)35-26-17-14-25(15-18-26)29(32)34-21-8-7-20-33-27(30)6-3/h6,14-15,17-18,22-24H,3-5,7-13,16,19-21H2,1-2H3. The van der Waals surface area contributed by atoms with Gasteiger partial charge < -0.3 is 14.2 Å². The van der Waals surface area contributed by atoms with Gasteiger partial charge in [0.2, 0.25) is 0 Å². The molecule has 6 heteroatoms. The van der Waals surface area contributed by atoms with E-state index in [2.05, 4.69) is 20.4 Å². The zero-order chi connectivity index (χ0) is 25.5. The Morgan fingerprint density at radius 2 is 1.63 bits per heavy atom. The molecule has 0 N–H and O–H groups in total. The van der Waals surface area contributed by atoms with E-state index >= 15 is 0 Å². The van der Waals surface area contributed by atoms with E-state index in [4.69, 9.17) is 14.2 Å². The van der Waals surface area contributed by atoms with Gasteiger partial charge in [0.15, 0.2) is 0 Å². The molecule has 1 aromatic rings. The van der Waals surface area contributed by atoms with Crippen molar-refractivity contribution in [3.63, 3.8) is 0 Å². The number of hydrogen-bond donors (Lipinski definition) is 0. The lowest BCUT2D eigenvalue weighted by Crippen LogP contribution is -2.23. The molecular weight excluding hydrogens is 444 g/mol. The number of carbonyl (C=O) groups is 3. The highest BCUT2D eigenvalue weighted by atomic mass is 16.5. The van der Waals surface area contributed by atoms with Crippen molar-refractivity contribution in [1.29, 1.82) is 0 Å². The van der Waals surface area contributed by atoms with Crippen LogP contribution in [0.5, 0.6) is 5.75 Å². The van der Waals surface area contributed by atoms with Crippen LogP contribution in [-0.2, 0) is 19.1 Å². The van der Waals surface area contributed by atoms with Gasteiger partial charge in [0.05, 0.1) is 18.8 Å². The largest absolute Gasteiger partial charge is 0.463 e. The quantitative estimate of drug-likeness (QED) is 0.119. The minimum atomic E-state index is -0.460. The van der Waals surface area contributed by atoms with E-state index in [-0.39, 0.29) is 19.2 Å². The second kappa shape index (κ2) is 16.1. The molecule has 1 saturated carbocycles. The predicted octanol–water partition coefficient (Wildman–Crippen LogP) is 6.67. The molecule has 1 aromatic carbocycles. The summed E-state index contributed by atoms with van der Waals surface area (Å²) in [6.45, 7) is 8.33. The molecule has 0 aromatic heterocycles. The van der Waals surface area contributed by atoms with Gasteiger partial charge in [-0.15, -0.1) is 0 Å². The summed E-state index contributed by atoms with van der Waals surface area (Å²) in [5.41, 5.74) is 0.397. The lowest BCUT2D eigenvalue weighted by molar-refractivity contribution is -0.138. The topological polar surface area (TPSA) is 78.9 Å². The van der Waals surface area contributed by atoms with Crippen LogP contribution in [0.25, 0.3) is 0 Å². The van der Waals surface area contributed by atoms with Crippen LogP contribution < -0.4 is 4.74 Å². The first-order valence-electron chi connectivity index (χ1n) is 13.2. The van der Waals surface area contributed by atoms with Crippen molar-refractivity contribution in [3.05, 3.63) is 42.5 Å². The number of benzene rings is 1. The fourth-order valence-electron chi connectivity index (χ4n) is 4.88. The van der Waals surface area contributed by atoms with Crippen molar-refractivity contribution in [3.8, 4) is 5.75 Å². The Morgan fingerprint density at radius 1 is 0.971 bits per heavy atom. The smallest absolute Gasteiger partial charge is 0.338 e. The molecule has 0 saturated heterocycles. The SMILES string of the molecule is C=CC(=O)OCCCCOC(=O)c1ccc(OC(=O)CCC(CCC)C2CCC(CC)CC2)cc1. The number of hydrogen-bond acceptors (Lipinski definition) is 6. The molecule has 194 valence electrons. The molecule has 0 bridgehead atoms. The number of rotatable bonds is 15. The molecular formula is C29H42O6. The molecule has 1 unspecified atom stereocenters. The van der Waals surface area contributed by atoms with Gasteiger partial charge >= 0.3 is 17.9 Å². The van der Waals surface area contributed by atoms with E-state index in [1.807, 2.05) is 0 Å². The summed E-state index contributed by atoms with van der Waals surface area (Å²) in [4.78, 5) is 35.6. The lowest BCUT2D eigenvalue weighted by atomic mass is 9.72.